The molecule has 1 heterocycles. The fraction of sp³-hybridized carbons (Fsp3) is 0.167. The number of hydrogen-bond donors (Lipinski definition) is 0. The average Bonchev–Trinajstić information content (AvgIpc) is 1.89. The number of nitrogens with zero attached hydrogens (tertiary/aromatic N) is 1. The molecular weight excluding hydrogens is 133 g/mol. The Hall–Kier alpha value is -0.620. The molecule has 0 aliphatic rings. The summed E-state index contributed by atoms with van der Waals surface area (Å²) in [7, 11) is 4.12. The predicted molar refractivity (Wildman–Crippen MR) is 40.1 cm³/mol. The Morgan fingerprint density at radius 1 is 1.67 bits per heavy atom. The van der Waals surface area contributed by atoms with Gasteiger partial charge in [0.15, 0.2) is 0 Å². The minimum atomic E-state index is 0.808. The van der Waals surface area contributed by atoms with Crippen molar-refractivity contribution in [3.8, 4) is 5.75 Å². The molecule has 1 aromatic heterocycles. The average molecular weight is 141 g/mol. The Bertz CT molecular complexity index is 202. The van der Waals surface area contributed by atoms with Crippen molar-refractivity contribution >= 4 is 14.7 Å². The van der Waals surface area contributed by atoms with Crippen LogP contribution in [0.25, 0.3) is 0 Å². The molecule has 1 rings (SSSR count). The Morgan fingerprint density at radius 2 is 2.44 bits per heavy atom. The molecule has 0 aliphatic carbocycles. The third-order valence-corrected chi connectivity index (χ3v) is 1.45. The highest BCUT2D eigenvalue weighted by Crippen LogP contribution is 2.05. The van der Waals surface area contributed by atoms with Crippen LogP contribution >= 0.6 is 9.24 Å². The van der Waals surface area contributed by atoms with Gasteiger partial charge >= 0.3 is 0 Å². The van der Waals surface area contributed by atoms with Crippen molar-refractivity contribution in [1.82, 2.24) is 4.98 Å². The molecule has 0 fully saturated rings. The lowest BCUT2D eigenvalue weighted by atomic mass is 10.5. The maximum absolute atomic E-state index is 4.96. The van der Waals surface area contributed by atoms with E-state index >= 15 is 0 Å². The smallest absolute Gasteiger partial charge is 0.144 e. The van der Waals surface area contributed by atoms with Crippen LogP contribution in [0.1, 0.15) is 0 Å². The maximum atomic E-state index is 4.96. The van der Waals surface area contributed by atoms with Crippen LogP contribution in [0.4, 0.5) is 0 Å². The summed E-state index contributed by atoms with van der Waals surface area (Å²) in [6, 6.07) is 3.71. The van der Waals surface area contributed by atoms with Crippen LogP contribution in [0.2, 0.25) is 0 Å². The van der Waals surface area contributed by atoms with E-state index in [4.69, 9.17) is 4.74 Å². The molecule has 1 unspecified atom stereocenters. The number of methoxy groups -OCH3 is 1. The van der Waals surface area contributed by atoms with Crippen LogP contribution in [-0.4, -0.2) is 12.1 Å². The minimum absolute atomic E-state index is 0.808. The lowest BCUT2D eigenvalue weighted by Crippen LogP contribution is -2.00. The Balaban J connectivity index is 3.01. The van der Waals surface area contributed by atoms with Gasteiger partial charge in [0.1, 0.15) is 5.75 Å². The molecule has 0 N–H and O–H groups in total. The topological polar surface area (TPSA) is 22.1 Å². The zero-order valence-corrected chi connectivity index (χ0v) is 6.32. The molecule has 9 heavy (non-hydrogen) atoms. The highest BCUT2D eigenvalue weighted by atomic mass is 31.0. The molecule has 1 aromatic rings. The number of aromatic nitrogens is 1. The summed E-state index contributed by atoms with van der Waals surface area (Å²) >= 11 is 0. The zero-order chi connectivity index (χ0) is 6.69. The van der Waals surface area contributed by atoms with E-state index < -0.39 is 0 Å². The normalized spacial score (nSPS) is 9.11. The van der Waals surface area contributed by atoms with Gasteiger partial charge in [-0.1, -0.05) is 9.24 Å². The summed E-state index contributed by atoms with van der Waals surface area (Å²) in [5.74, 6) is 0.808. The number of pyridine rings is 1. The van der Waals surface area contributed by atoms with E-state index in [-0.39, 0.29) is 0 Å². The van der Waals surface area contributed by atoms with E-state index in [1.807, 2.05) is 12.1 Å². The second-order valence-corrected chi connectivity index (χ2v) is 2.14. The van der Waals surface area contributed by atoms with Crippen molar-refractivity contribution in [3.05, 3.63) is 18.3 Å². The Labute approximate surface area is 56.5 Å². The Kier molecular flexibility index (Phi) is 2.01. The summed E-state index contributed by atoms with van der Waals surface area (Å²) in [6.07, 6.45) is 1.73. The molecule has 0 aliphatic heterocycles. The molecule has 2 nitrogen and oxygen atoms in total. The van der Waals surface area contributed by atoms with Gasteiger partial charge in [-0.25, -0.2) is 0 Å². The van der Waals surface area contributed by atoms with Crippen molar-refractivity contribution in [1.29, 1.82) is 0 Å². The fourth-order valence-corrected chi connectivity index (χ4v) is 0.876. The van der Waals surface area contributed by atoms with Gasteiger partial charge in [-0.2, -0.15) is 0 Å². The summed E-state index contributed by atoms with van der Waals surface area (Å²) < 4.78 is 4.96. The second-order valence-electron chi connectivity index (χ2n) is 1.59. The molecular formula is C6H8NOP. The first-order valence-corrected chi connectivity index (χ1v) is 3.17. The van der Waals surface area contributed by atoms with E-state index in [9.17, 15) is 0 Å². The number of rotatable bonds is 1. The van der Waals surface area contributed by atoms with Gasteiger partial charge in [-0.05, 0) is 12.1 Å². The molecule has 0 bridgehead atoms. The van der Waals surface area contributed by atoms with Crippen LogP contribution in [0.5, 0.6) is 5.75 Å². The van der Waals surface area contributed by atoms with Gasteiger partial charge in [0.05, 0.1) is 12.5 Å². The predicted octanol–water partition coefficient (Wildman–Crippen LogP) is 0.591. The summed E-state index contributed by atoms with van der Waals surface area (Å²) in [5.41, 5.74) is 0.847. The molecule has 0 saturated heterocycles. The van der Waals surface area contributed by atoms with Crippen molar-refractivity contribution in [2.45, 2.75) is 0 Å². The minimum Gasteiger partial charge on any atom is -0.494 e. The largest absolute Gasteiger partial charge is 0.494 e. The van der Waals surface area contributed by atoms with Crippen LogP contribution in [0.3, 0.4) is 0 Å². The molecule has 3 heteroatoms. The van der Waals surface area contributed by atoms with E-state index in [1.165, 1.54) is 0 Å². The van der Waals surface area contributed by atoms with Crippen LogP contribution < -0.4 is 10.2 Å². The van der Waals surface area contributed by atoms with E-state index in [1.54, 1.807) is 13.3 Å². The van der Waals surface area contributed by atoms with Crippen molar-refractivity contribution < 1.29 is 4.74 Å². The zero-order valence-electron chi connectivity index (χ0n) is 5.16. The van der Waals surface area contributed by atoms with Crippen molar-refractivity contribution in [2.24, 2.45) is 0 Å². The Morgan fingerprint density at radius 3 is 2.89 bits per heavy atom. The van der Waals surface area contributed by atoms with E-state index in [0.717, 1.165) is 11.2 Å². The highest BCUT2D eigenvalue weighted by molar-refractivity contribution is 7.27. The lowest BCUT2D eigenvalue weighted by molar-refractivity contribution is 0.417. The van der Waals surface area contributed by atoms with Gasteiger partial charge in [-0.3, -0.25) is 4.98 Å². The van der Waals surface area contributed by atoms with Crippen LogP contribution in [0.15, 0.2) is 18.3 Å². The fourth-order valence-electron chi connectivity index (χ4n) is 0.575. The molecule has 0 aromatic carbocycles. The molecule has 0 amide bonds. The molecule has 0 radical (unpaired) electrons. The van der Waals surface area contributed by atoms with Gasteiger partial charge in [0.25, 0.3) is 0 Å². The van der Waals surface area contributed by atoms with E-state index in [0.29, 0.717) is 0 Å². The molecule has 48 valence electrons. The standard InChI is InChI=1S/C6H8NOP/c1-8-5-3-2-4-7-6(5)9/h2-4H,9H2,1H3. The molecule has 0 spiro atoms. The molecule has 0 saturated carbocycles. The second kappa shape index (κ2) is 2.79. The maximum Gasteiger partial charge on any atom is 0.144 e. The van der Waals surface area contributed by atoms with Gasteiger partial charge in [0.2, 0.25) is 0 Å². The summed E-state index contributed by atoms with van der Waals surface area (Å²) in [6.45, 7) is 0. The summed E-state index contributed by atoms with van der Waals surface area (Å²) in [4.78, 5) is 3.99. The monoisotopic (exact) mass is 141 g/mol. The van der Waals surface area contributed by atoms with Gasteiger partial charge in [-0.15, -0.1) is 0 Å². The quantitative estimate of drug-likeness (QED) is 0.534. The summed E-state index contributed by atoms with van der Waals surface area (Å²) in [5, 5.41) is 0. The molecule has 1 atom stereocenters. The van der Waals surface area contributed by atoms with Crippen LogP contribution in [-0.2, 0) is 0 Å². The third-order valence-electron chi connectivity index (χ3n) is 1.02. The lowest BCUT2D eigenvalue weighted by Gasteiger charge is -1.99. The third kappa shape index (κ3) is 1.39. The first kappa shape index (κ1) is 6.50. The van der Waals surface area contributed by atoms with E-state index in [2.05, 4.69) is 14.2 Å². The number of hydrogen-bond acceptors (Lipinski definition) is 2. The first-order valence-electron chi connectivity index (χ1n) is 2.59. The highest BCUT2D eigenvalue weighted by Gasteiger charge is 1.92. The first-order chi connectivity index (χ1) is 4.34. The van der Waals surface area contributed by atoms with Crippen molar-refractivity contribution in [2.75, 3.05) is 7.11 Å². The van der Waals surface area contributed by atoms with Crippen LogP contribution in [0, 0.1) is 0 Å². The van der Waals surface area contributed by atoms with Crippen molar-refractivity contribution in [3.63, 3.8) is 0 Å². The van der Waals surface area contributed by atoms with Gasteiger partial charge in [0, 0.05) is 6.20 Å². The SMILES string of the molecule is COc1cccnc1P. The van der Waals surface area contributed by atoms with Gasteiger partial charge < -0.3 is 4.74 Å². The number of ether oxygens (including phenoxy) is 1.